The van der Waals surface area contributed by atoms with Gasteiger partial charge < -0.3 is 19.5 Å². The maximum absolute atomic E-state index is 10.4. The highest BCUT2D eigenvalue weighted by Crippen LogP contribution is 2.42. The fraction of sp³-hybridized carbons (Fsp3) is 0.566. The van der Waals surface area contributed by atoms with Crippen LogP contribution in [0.5, 0.6) is 0 Å². The van der Waals surface area contributed by atoms with Crippen molar-refractivity contribution in [3.8, 4) is 0 Å². The van der Waals surface area contributed by atoms with Crippen molar-refractivity contribution in [3.05, 3.63) is 98.2 Å². The molecule has 0 amide bonds. The number of halogens is 3. The number of nitrogens with one attached hydrogen (secondary N) is 4. The molecule has 0 radical (unpaired) electrons. The van der Waals surface area contributed by atoms with Crippen LogP contribution in [-0.4, -0.2) is 136 Å². The van der Waals surface area contributed by atoms with Gasteiger partial charge >= 0.3 is 5.66 Å². The van der Waals surface area contributed by atoms with E-state index in [2.05, 4.69) is 89.5 Å². The number of ketones is 1. The van der Waals surface area contributed by atoms with Crippen molar-refractivity contribution in [2.75, 3.05) is 78.9 Å². The Morgan fingerprint density at radius 2 is 1.06 bits per heavy atom. The molecule has 0 bridgehead atoms. The lowest BCUT2D eigenvalue weighted by atomic mass is 9.83. The minimum atomic E-state index is -0.470. The summed E-state index contributed by atoms with van der Waals surface area (Å²) in [6, 6.07) is 12.5. The van der Waals surface area contributed by atoms with Gasteiger partial charge in [0.15, 0.2) is 5.78 Å². The molecular formula is C53H67Cl3N10O4. The Kier molecular flexibility index (Phi) is 16.2. The topological polar surface area (TPSA) is 154 Å². The van der Waals surface area contributed by atoms with Crippen molar-refractivity contribution in [2.24, 2.45) is 17.8 Å². The van der Waals surface area contributed by atoms with Crippen molar-refractivity contribution in [3.63, 3.8) is 0 Å². The van der Waals surface area contributed by atoms with Gasteiger partial charge in [-0.2, -0.15) is 15.3 Å². The van der Waals surface area contributed by atoms with E-state index in [1.165, 1.54) is 29.5 Å². The van der Waals surface area contributed by atoms with Crippen LogP contribution >= 0.6 is 34.8 Å². The summed E-state index contributed by atoms with van der Waals surface area (Å²) in [4.78, 5) is 19.4. The summed E-state index contributed by atoms with van der Waals surface area (Å²) < 4.78 is 16.1. The molecule has 6 aliphatic heterocycles. The molecule has 14 nitrogen and oxygen atoms in total. The van der Waals surface area contributed by atoms with Gasteiger partial charge in [-0.05, 0) is 148 Å². The molecule has 4 unspecified atom stereocenters. The molecule has 4 N–H and O–H groups in total. The molecule has 70 heavy (non-hydrogen) atoms. The first kappa shape index (κ1) is 50.8. The zero-order chi connectivity index (χ0) is 49.0. The Balaban J connectivity index is 0.000000124. The number of rotatable bonds is 5. The van der Waals surface area contributed by atoms with Crippen LogP contribution in [0.1, 0.15) is 101 Å². The van der Waals surface area contributed by atoms with Crippen LogP contribution < -0.4 is 5.32 Å². The number of hydrogen-bond donors (Lipinski definition) is 4. The Morgan fingerprint density at radius 1 is 0.614 bits per heavy atom. The molecule has 6 aromatic rings. The van der Waals surface area contributed by atoms with Crippen molar-refractivity contribution in [1.29, 1.82) is 0 Å². The summed E-state index contributed by atoms with van der Waals surface area (Å²) in [5, 5.41) is 30.5. The summed E-state index contributed by atoms with van der Waals surface area (Å²) >= 11 is 19.4. The number of nitrogens with zero attached hydrogens (tertiary/aromatic N) is 6. The fourth-order valence-corrected chi connectivity index (χ4v) is 12.3. The van der Waals surface area contributed by atoms with Crippen molar-refractivity contribution in [2.45, 2.75) is 95.2 Å². The number of hydrogen-bond acceptors (Lipinski definition) is 10. The largest absolute Gasteiger partial charge is 0.379 e. The number of ether oxygens (including phenoxy) is 3. The van der Waals surface area contributed by atoms with Crippen LogP contribution in [0, 0.1) is 24.3 Å². The van der Waals surface area contributed by atoms with E-state index in [1.807, 2.05) is 37.5 Å². The first-order valence-corrected chi connectivity index (χ1v) is 26.2. The second-order valence-electron chi connectivity index (χ2n) is 20.6. The lowest BCUT2D eigenvalue weighted by Gasteiger charge is -2.44. The average molecular weight is 1010 g/mol. The monoisotopic (exact) mass is 1010 g/mol. The van der Waals surface area contributed by atoms with Crippen LogP contribution in [0.25, 0.3) is 37.6 Å². The molecule has 6 aliphatic rings. The number of piperidine rings is 3. The van der Waals surface area contributed by atoms with Gasteiger partial charge in [0, 0.05) is 55.8 Å². The second kappa shape index (κ2) is 22.3. The average Bonchev–Trinajstić information content (AvgIpc) is 4.27. The standard InChI is InChI=1S/C18H21ClN4O.C18H24ClN3O.C12H14ClN3.C5H8O2/c1-12-10-24-11-18(12,20-2)23-5-3-13(4-6-23)15-8-17-14(7-16(15)19)9-21-22-17;1-12-10-23-11-18(12,2)22-5-3-13(4-6-22)15-8-17-14(7-16(15)19)9-20-21-17;13-11-5-9-7-15-16-12(9)6-10(11)8-1-3-14-4-2-8;1-4-2-7-3-5(4)6/h7-9,12-13H,3-6,10-11H2,1H3,(H,21,22);7-9,12-13H,3-6,10-11H2,1-2H3,(H,20,21);5-8,14H,1-4H2,(H,15,16);4H,2-3H2,1H3/t;12-,18?;;/m.1../s1. The molecule has 3 aromatic heterocycles. The van der Waals surface area contributed by atoms with E-state index in [9.17, 15) is 4.79 Å². The minimum Gasteiger partial charge on any atom is -0.379 e. The van der Waals surface area contributed by atoms with Crippen LogP contribution in [0.2, 0.25) is 15.1 Å². The number of benzene rings is 3. The van der Waals surface area contributed by atoms with E-state index in [4.69, 9.17) is 55.6 Å². The number of aromatic nitrogens is 6. The molecule has 17 heteroatoms. The van der Waals surface area contributed by atoms with E-state index in [1.54, 1.807) is 6.20 Å². The number of carbonyl (C=O) groups excluding carboxylic acids is 1. The van der Waals surface area contributed by atoms with E-state index in [0.717, 1.165) is 126 Å². The molecule has 6 fully saturated rings. The molecule has 5 atom stereocenters. The van der Waals surface area contributed by atoms with Crippen molar-refractivity contribution < 1.29 is 19.0 Å². The van der Waals surface area contributed by atoms with Gasteiger partial charge in [0.25, 0.3) is 0 Å². The third kappa shape index (κ3) is 10.8. The lowest BCUT2D eigenvalue weighted by Crippen LogP contribution is -2.53. The number of fused-ring (bicyclic) bond motifs is 3. The van der Waals surface area contributed by atoms with Gasteiger partial charge in [-0.3, -0.25) is 29.8 Å². The van der Waals surface area contributed by atoms with Gasteiger partial charge in [0.2, 0.25) is 0 Å². The Bertz CT molecular complexity index is 2770. The molecule has 3 aromatic carbocycles. The Morgan fingerprint density at radius 3 is 1.43 bits per heavy atom. The third-order valence-electron chi connectivity index (χ3n) is 16.2. The summed E-state index contributed by atoms with van der Waals surface area (Å²) in [5.41, 5.74) is 6.65. The van der Waals surface area contributed by atoms with Gasteiger partial charge in [-0.1, -0.05) is 55.6 Å². The summed E-state index contributed by atoms with van der Waals surface area (Å²) in [6.45, 7) is 26.5. The molecule has 6 saturated heterocycles. The van der Waals surface area contributed by atoms with Gasteiger partial charge in [-0.25, -0.2) is 11.5 Å². The third-order valence-corrected chi connectivity index (χ3v) is 17.2. The van der Waals surface area contributed by atoms with Crippen molar-refractivity contribution in [1.82, 2.24) is 45.7 Å². The van der Waals surface area contributed by atoms with E-state index < -0.39 is 5.66 Å². The van der Waals surface area contributed by atoms with Crippen LogP contribution in [0.15, 0.2) is 55.0 Å². The van der Waals surface area contributed by atoms with E-state index >= 15 is 0 Å². The molecule has 0 spiro atoms. The lowest BCUT2D eigenvalue weighted by molar-refractivity contribution is -0.120. The van der Waals surface area contributed by atoms with Crippen molar-refractivity contribution >= 4 is 73.3 Å². The highest BCUT2D eigenvalue weighted by Gasteiger charge is 2.54. The normalized spacial score (nSPS) is 27.2. The highest BCUT2D eigenvalue weighted by atomic mass is 35.5. The van der Waals surface area contributed by atoms with Crippen LogP contribution in [0.4, 0.5) is 0 Å². The van der Waals surface area contributed by atoms with Gasteiger partial charge in [0.05, 0.1) is 67.5 Å². The molecule has 9 heterocycles. The fourth-order valence-electron chi connectivity index (χ4n) is 11.3. The Labute approximate surface area is 426 Å². The number of aromatic amines is 3. The zero-order valence-corrected chi connectivity index (χ0v) is 43.1. The molecule has 12 rings (SSSR count). The predicted octanol–water partition coefficient (Wildman–Crippen LogP) is 10.4. The summed E-state index contributed by atoms with van der Waals surface area (Å²) in [7, 11) is 0. The molecule has 0 aliphatic carbocycles. The number of likely N-dealkylation sites (tertiary alicyclic amines) is 2. The van der Waals surface area contributed by atoms with E-state index in [-0.39, 0.29) is 23.2 Å². The maximum Gasteiger partial charge on any atom is 0.316 e. The number of H-pyrrole nitrogens is 3. The first-order valence-electron chi connectivity index (χ1n) is 25.1. The van der Waals surface area contributed by atoms with Gasteiger partial charge in [0.1, 0.15) is 13.2 Å². The SMILES string of the molecule is CC1COCC1=O.C[C@@H]1COCC1(C)N1CCC(c2cc3[nH]ncc3cc2Cl)CC1.Clc1cc2cn[nH]c2cc1C1CCNCC1.[C-]#[N+]C1(N2CCC(c3cc4[nH]ncc4cc3Cl)CC2)COCC1C. The minimum absolute atomic E-state index is 0.153. The summed E-state index contributed by atoms with van der Waals surface area (Å²) in [6.07, 6.45) is 12.1. The van der Waals surface area contributed by atoms with Crippen LogP contribution in [0.3, 0.4) is 0 Å². The first-order chi connectivity index (χ1) is 33.9. The molecule has 374 valence electrons. The smallest absolute Gasteiger partial charge is 0.316 e. The van der Waals surface area contributed by atoms with Crippen LogP contribution in [-0.2, 0) is 19.0 Å². The van der Waals surface area contributed by atoms with E-state index in [0.29, 0.717) is 50.1 Å². The summed E-state index contributed by atoms with van der Waals surface area (Å²) in [5.74, 6) is 2.80. The maximum atomic E-state index is 10.4. The molecule has 0 saturated carbocycles. The molecular weight excluding hydrogens is 947 g/mol. The Hall–Kier alpha value is -4.14. The predicted molar refractivity (Wildman–Crippen MR) is 278 cm³/mol. The number of Topliss-reactive ketones (excluding diaryl/α,β-unsaturated/α-hetero) is 1. The number of carbonyl (C=O) groups is 1. The quantitative estimate of drug-likeness (QED) is 0.123. The second-order valence-corrected chi connectivity index (χ2v) is 21.8. The zero-order valence-electron chi connectivity index (χ0n) is 40.8. The highest BCUT2D eigenvalue weighted by molar-refractivity contribution is 6.33. The van der Waals surface area contributed by atoms with Gasteiger partial charge in [-0.15, -0.1) is 0 Å².